The number of nitrogens with zero attached hydrogens (tertiary/aromatic N) is 5. The van der Waals surface area contributed by atoms with Crippen LogP contribution in [0.5, 0.6) is 0 Å². The van der Waals surface area contributed by atoms with Gasteiger partial charge >= 0.3 is 0 Å². The molecule has 0 radical (unpaired) electrons. The molecule has 4 aliphatic heterocycles. The van der Waals surface area contributed by atoms with E-state index >= 15 is 0 Å². The van der Waals surface area contributed by atoms with E-state index in [2.05, 4.69) is 62.8 Å². The van der Waals surface area contributed by atoms with E-state index in [1.165, 1.54) is 5.56 Å². The standard InChI is InChI=1S/C35H46N10O2/c1-26-31(28-5-3-27(4-6-28)23-38-11-2-12-39-34(36)37)24-45-25-32(41-35(45)40-26)29-7-9-30(10-8-29)33(46)44-17-15-42(16-18-44)13-14-43-19-21-47-22-20-43/h3-10,24-25,38H,1-2,11-23H2,(H,40,41)(H4,36,37,39). The SMILES string of the molecule is C=C1N=C2NC(c3ccc(C(=O)N4CCN(CCN5CCOCC5)CC4)cc3)=CN2C=C1c1ccc(CNCCCNC(=N)N)cc1. The number of carbonyl (C=O) groups excluding carboxylic acids is 1. The van der Waals surface area contributed by atoms with Gasteiger partial charge in [-0.2, -0.15) is 0 Å². The first-order valence-corrected chi connectivity index (χ1v) is 16.5. The fourth-order valence-corrected chi connectivity index (χ4v) is 6.12. The monoisotopic (exact) mass is 638 g/mol. The van der Waals surface area contributed by atoms with Gasteiger partial charge in [0.25, 0.3) is 5.91 Å². The first-order chi connectivity index (χ1) is 22.9. The summed E-state index contributed by atoms with van der Waals surface area (Å²) >= 11 is 0. The van der Waals surface area contributed by atoms with Crippen molar-refractivity contribution in [3.63, 3.8) is 0 Å². The molecule has 4 heterocycles. The van der Waals surface area contributed by atoms with Gasteiger partial charge in [-0.05, 0) is 41.8 Å². The summed E-state index contributed by atoms with van der Waals surface area (Å²) in [6, 6.07) is 16.3. The molecule has 0 bridgehead atoms. The van der Waals surface area contributed by atoms with Crippen molar-refractivity contribution in [1.82, 2.24) is 35.6 Å². The van der Waals surface area contributed by atoms with E-state index in [9.17, 15) is 4.79 Å². The number of nitrogens with two attached hydrogens (primary N) is 1. The van der Waals surface area contributed by atoms with E-state index in [1.807, 2.05) is 40.3 Å². The van der Waals surface area contributed by atoms with Crippen LogP contribution in [0, 0.1) is 5.41 Å². The number of aliphatic imine (C=N–C) groups is 1. The number of ether oxygens (including phenoxy) is 1. The number of morpholine rings is 1. The van der Waals surface area contributed by atoms with E-state index in [4.69, 9.17) is 20.9 Å². The van der Waals surface area contributed by atoms with Crippen molar-refractivity contribution >= 4 is 29.1 Å². The van der Waals surface area contributed by atoms with Gasteiger partial charge in [-0.1, -0.05) is 43.0 Å². The van der Waals surface area contributed by atoms with Crippen LogP contribution in [0.25, 0.3) is 11.3 Å². The van der Waals surface area contributed by atoms with Crippen molar-refractivity contribution in [1.29, 1.82) is 5.41 Å². The molecule has 47 heavy (non-hydrogen) atoms. The highest BCUT2D eigenvalue weighted by molar-refractivity contribution is 6.01. The number of benzene rings is 2. The number of allylic oxidation sites excluding steroid dienone is 1. The lowest BCUT2D eigenvalue weighted by Gasteiger charge is -2.36. The van der Waals surface area contributed by atoms with Crippen LogP contribution in [-0.2, 0) is 11.3 Å². The topological polar surface area (TPSA) is 138 Å². The number of hydrogen-bond acceptors (Lipinski definition) is 9. The molecule has 248 valence electrons. The maximum Gasteiger partial charge on any atom is 0.253 e. The Morgan fingerprint density at radius 3 is 2.30 bits per heavy atom. The largest absolute Gasteiger partial charge is 0.379 e. The predicted octanol–water partition coefficient (Wildman–Crippen LogP) is 1.87. The Hall–Kier alpha value is -4.49. The summed E-state index contributed by atoms with van der Waals surface area (Å²) in [4.78, 5) is 26.9. The number of hydrogen-bond donors (Lipinski definition) is 5. The minimum Gasteiger partial charge on any atom is -0.379 e. The van der Waals surface area contributed by atoms with Crippen molar-refractivity contribution in [2.75, 3.05) is 78.7 Å². The molecule has 4 aliphatic rings. The van der Waals surface area contributed by atoms with Crippen LogP contribution in [0.2, 0.25) is 0 Å². The zero-order valence-electron chi connectivity index (χ0n) is 27.0. The minimum atomic E-state index is 0.00458. The maximum atomic E-state index is 13.3. The average Bonchev–Trinajstić information content (AvgIpc) is 3.52. The lowest BCUT2D eigenvalue weighted by molar-refractivity contribution is 0.0293. The number of amides is 1. The highest BCUT2D eigenvalue weighted by Gasteiger charge is 2.26. The van der Waals surface area contributed by atoms with Crippen LogP contribution in [0.15, 0.2) is 78.2 Å². The maximum absolute atomic E-state index is 13.3. The van der Waals surface area contributed by atoms with E-state index in [0.29, 0.717) is 23.8 Å². The molecule has 1 amide bonds. The van der Waals surface area contributed by atoms with Gasteiger partial charge in [0.1, 0.15) is 0 Å². The smallest absolute Gasteiger partial charge is 0.253 e. The van der Waals surface area contributed by atoms with E-state index < -0.39 is 0 Å². The molecule has 0 atom stereocenters. The van der Waals surface area contributed by atoms with E-state index in [1.54, 1.807) is 0 Å². The Morgan fingerprint density at radius 2 is 1.60 bits per heavy atom. The van der Waals surface area contributed by atoms with Crippen LogP contribution >= 0.6 is 0 Å². The third-order valence-corrected chi connectivity index (χ3v) is 8.96. The van der Waals surface area contributed by atoms with Gasteiger partial charge < -0.3 is 31.3 Å². The second-order valence-corrected chi connectivity index (χ2v) is 12.2. The Kier molecular flexibility index (Phi) is 10.6. The third-order valence-electron chi connectivity index (χ3n) is 8.96. The summed E-state index contributed by atoms with van der Waals surface area (Å²) in [5.74, 6) is 0.803. The van der Waals surface area contributed by atoms with Crippen molar-refractivity contribution in [2.45, 2.75) is 13.0 Å². The van der Waals surface area contributed by atoms with Gasteiger partial charge in [0, 0.05) is 89.0 Å². The number of carbonyl (C=O) groups is 1. The van der Waals surface area contributed by atoms with Gasteiger partial charge in [-0.3, -0.25) is 24.9 Å². The fourth-order valence-electron chi connectivity index (χ4n) is 6.12. The average molecular weight is 639 g/mol. The molecule has 6 N–H and O–H groups in total. The third kappa shape index (κ3) is 8.46. The number of rotatable bonds is 12. The van der Waals surface area contributed by atoms with E-state index in [0.717, 1.165) is 107 Å². The van der Waals surface area contributed by atoms with Gasteiger partial charge in [0.15, 0.2) is 5.96 Å². The summed E-state index contributed by atoms with van der Waals surface area (Å²) in [5, 5.41) is 16.8. The lowest BCUT2D eigenvalue weighted by atomic mass is 10.0. The molecular weight excluding hydrogens is 592 g/mol. The predicted molar refractivity (Wildman–Crippen MR) is 186 cm³/mol. The van der Waals surface area contributed by atoms with Gasteiger partial charge in [-0.25, -0.2) is 4.99 Å². The molecule has 0 saturated carbocycles. The Morgan fingerprint density at radius 1 is 0.915 bits per heavy atom. The Bertz CT molecular complexity index is 1520. The van der Waals surface area contributed by atoms with Crippen LogP contribution in [0.1, 0.15) is 33.5 Å². The van der Waals surface area contributed by atoms with Crippen molar-refractivity contribution in [2.24, 2.45) is 10.7 Å². The Labute approximate surface area is 277 Å². The normalized spacial score (nSPS) is 18.6. The quantitative estimate of drug-likeness (QED) is 0.134. The first-order valence-electron chi connectivity index (χ1n) is 16.5. The molecule has 0 spiro atoms. The van der Waals surface area contributed by atoms with Crippen LogP contribution in [0.3, 0.4) is 0 Å². The van der Waals surface area contributed by atoms with Crippen LogP contribution in [0.4, 0.5) is 0 Å². The van der Waals surface area contributed by atoms with Crippen molar-refractivity contribution in [3.8, 4) is 0 Å². The molecule has 12 nitrogen and oxygen atoms in total. The van der Waals surface area contributed by atoms with Crippen LogP contribution in [-0.4, -0.2) is 116 Å². The highest BCUT2D eigenvalue weighted by atomic mass is 16.5. The number of fused-ring (bicyclic) bond motifs is 1. The molecular formula is C35H46N10O2. The molecule has 2 aromatic rings. The minimum absolute atomic E-state index is 0.00458. The number of nitrogens with one attached hydrogen (secondary N) is 4. The van der Waals surface area contributed by atoms with Gasteiger partial charge in [0.2, 0.25) is 5.96 Å². The van der Waals surface area contributed by atoms with E-state index in [-0.39, 0.29) is 11.9 Å². The fraction of sp³-hybridized carbons (Fsp3) is 0.400. The zero-order valence-corrected chi connectivity index (χ0v) is 27.0. The molecule has 2 fully saturated rings. The number of piperazine rings is 1. The Balaban J connectivity index is 0.997. The lowest BCUT2D eigenvalue weighted by Crippen LogP contribution is -2.51. The molecule has 6 rings (SSSR count). The molecule has 2 saturated heterocycles. The highest BCUT2D eigenvalue weighted by Crippen LogP contribution is 2.31. The van der Waals surface area contributed by atoms with Gasteiger partial charge in [-0.15, -0.1) is 0 Å². The molecule has 12 heteroatoms. The van der Waals surface area contributed by atoms with Crippen molar-refractivity contribution in [3.05, 3.63) is 95.5 Å². The van der Waals surface area contributed by atoms with Crippen LogP contribution < -0.4 is 21.7 Å². The zero-order chi connectivity index (χ0) is 32.6. The summed E-state index contributed by atoms with van der Waals surface area (Å²) in [7, 11) is 0. The summed E-state index contributed by atoms with van der Waals surface area (Å²) in [5.41, 5.74) is 11.8. The number of guanidine groups is 2. The second-order valence-electron chi connectivity index (χ2n) is 12.2. The summed E-state index contributed by atoms with van der Waals surface area (Å²) in [6.45, 7) is 15.6. The molecule has 0 aliphatic carbocycles. The molecule has 0 unspecified atom stereocenters. The van der Waals surface area contributed by atoms with Gasteiger partial charge in [0.05, 0.1) is 24.6 Å². The van der Waals surface area contributed by atoms with Crippen molar-refractivity contribution < 1.29 is 9.53 Å². The first kappa shape index (κ1) is 32.5. The summed E-state index contributed by atoms with van der Waals surface area (Å²) in [6.07, 6.45) is 4.97. The second kappa shape index (κ2) is 15.4. The molecule has 2 aromatic carbocycles. The summed E-state index contributed by atoms with van der Waals surface area (Å²) < 4.78 is 5.45. The molecule has 0 aromatic heterocycles.